The molecule has 0 bridgehead atoms. The SMILES string of the molecule is CCN(c1ccc([C@@H](CC(=O)OC)C(F)(F)F)cc1[N+](=O)[O-])C1CCOCC1. The van der Waals surface area contributed by atoms with Gasteiger partial charge in [-0.3, -0.25) is 14.9 Å². The molecule has 1 heterocycles. The summed E-state index contributed by atoms with van der Waals surface area (Å²) in [6.07, 6.45) is -4.32. The molecular formula is C18H23F3N2O5. The minimum Gasteiger partial charge on any atom is -0.469 e. The summed E-state index contributed by atoms with van der Waals surface area (Å²) in [6, 6.07) is 3.46. The highest BCUT2D eigenvalue weighted by Crippen LogP contribution is 2.41. The fourth-order valence-corrected chi connectivity index (χ4v) is 3.44. The van der Waals surface area contributed by atoms with E-state index in [1.165, 1.54) is 12.1 Å². The van der Waals surface area contributed by atoms with Gasteiger partial charge < -0.3 is 14.4 Å². The van der Waals surface area contributed by atoms with E-state index in [1.807, 2.05) is 11.8 Å². The van der Waals surface area contributed by atoms with Gasteiger partial charge in [-0.1, -0.05) is 6.07 Å². The number of ether oxygens (including phenoxy) is 2. The fraction of sp³-hybridized carbons (Fsp3) is 0.611. The molecule has 156 valence electrons. The molecule has 10 heteroatoms. The molecule has 1 saturated heterocycles. The van der Waals surface area contributed by atoms with Crippen LogP contribution in [0.1, 0.15) is 37.7 Å². The second-order valence-corrected chi connectivity index (χ2v) is 6.51. The summed E-state index contributed by atoms with van der Waals surface area (Å²) >= 11 is 0. The van der Waals surface area contributed by atoms with Crippen molar-refractivity contribution in [1.29, 1.82) is 0 Å². The number of hydrogen-bond acceptors (Lipinski definition) is 6. The molecule has 1 aliphatic heterocycles. The number of carbonyl (C=O) groups excluding carboxylic acids is 1. The van der Waals surface area contributed by atoms with Crippen LogP contribution in [0.3, 0.4) is 0 Å². The molecule has 0 aliphatic carbocycles. The first-order valence-electron chi connectivity index (χ1n) is 8.95. The molecule has 0 unspecified atom stereocenters. The number of halogens is 3. The topological polar surface area (TPSA) is 81.9 Å². The molecule has 1 fully saturated rings. The van der Waals surface area contributed by atoms with E-state index in [0.717, 1.165) is 13.2 Å². The highest BCUT2D eigenvalue weighted by Gasteiger charge is 2.43. The van der Waals surface area contributed by atoms with Gasteiger partial charge in [0, 0.05) is 31.9 Å². The monoisotopic (exact) mass is 404 g/mol. The van der Waals surface area contributed by atoms with Crippen LogP contribution >= 0.6 is 0 Å². The average Bonchev–Trinajstić information content (AvgIpc) is 2.66. The zero-order valence-electron chi connectivity index (χ0n) is 15.7. The summed E-state index contributed by atoms with van der Waals surface area (Å²) < 4.78 is 50.0. The van der Waals surface area contributed by atoms with Gasteiger partial charge in [-0.2, -0.15) is 13.2 Å². The number of carbonyl (C=O) groups is 1. The highest BCUT2D eigenvalue weighted by atomic mass is 19.4. The van der Waals surface area contributed by atoms with Gasteiger partial charge in [-0.15, -0.1) is 0 Å². The molecule has 2 rings (SSSR count). The van der Waals surface area contributed by atoms with Crippen LogP contribution in [0.15, 0.2) is 18.2 Å². The van der Waals surface area contributed by atoms with Gasteiger partial charge in [0.25, 0.3) is 5.69 Å². The van der Waals surface area contributed by atoms with Crippen molar-refractivity contribution in [2.75, 3.05) is 31.8 Å². The van der Waals surface area contributed by atoms with Crippen molar-refractivity contribution < 1.29 is 32.4 Å². The van der Waals surface area contributed by atoms with Crippen LogP contribution < -0.4 is 4.90 Å². The van der Waals surface area contributed by atoms with E-state index < -0.39 is 35.1 Å². The first-order chi connectivity index (χ1) is 13.2. The Kier molecular flexibility index (Phi) is 7.22. The number of alkyl halides is 3. The van der Waals surface area contributed by atoms with Crippen molar-refractivity contribution >= 4 is 17.3 Å². The van der Waals surface area contributed by atoms with Gasteiger partial charge in [0.05, 0.1) is 24.4 Å². The largest absolute Gasteiger partial charge is 0.469 e. The third-order valence-electron chi connectivity index (χ3n) is 4.87. The number of nitro groups is 1. The normalized spacial score (nSPS) is 16.5. The lowest BCUT2D eigenvalue weighted by Gasteiger charge is -2.35. The Morgan fingerprint density at radius 3 is 2.54 bits per heavy atom. The standard InChI is InChI=1S/C18H23F3N2O5/c1-3-22(13-6-8-28-9-7-13)15-5-4-12(10-16(15)23(25)26)14(18(19,20)21)11-17(24)27-2/h4-5,10,13-14H,3,6-9,11H2,1-2H3/t14-/m1/s1. The number of nitro benzene ring substituents is 1. The summed E-state index contributed by atoms with van der Waals surface area (Å²) in [5, 5.41) is 11.6. The van der Waals surface area contributed by atoms with E-state index in [-0.39, 0.29) is 17.3 Å². The van der Waals surface area contributed by atoms with Crippen LogP contribution in [0, 0.1) is 10.1 Å². The van der Waals surface area contributed by atoms with Crippen LogP contribution in [0.5, 0.6) is 0 Å². The van der Waals surface area contributed by atoms with E-state index >= 15 is 0 Å². The van der Waals surface area contributed by atoms with Crippen LogP contribution in [0.2, 0.25) is 0 Å². The third kappa shape index (κ3) is 5.12. The van der Waals surface area contributed by atoms with E-state index in [2.05, 4.69) is 4.74 Å². The molecule has 0 N–H and O–H groups in total. The molecule has 0 aromatic heterocycles. The number of nitrogens with zero attached hydrogens (tertiary/aromatic N) is 2. The number of hydrogen-bond donors (Lipinski definition) is 0. The first-order valence-corrected chi connectivity index (χ1v) is 8.95. The van der Waals surface area contributed by atoms with Gasteiger partial charge in [-0.05, 0) is 31.4 Å². The Morgan fingerprint density at radius 2 is 2.04 bits per heavy atom. The quantitative estimate of drug-likeness (QED) is 0.391. The smallest absolute Gasteiger partial charge is 0.396 e. The summed E-state index contributed by atoms with van der Waals surface area (Å²) in [5.41, 5.74) is -0.483. The number of methoxy groups -OCH3 is 1. The minimum atomic E-state index is -4.74. The van der Waals surface area contributed by atoms with Crippen molar-refractivity contribution in [3.63, 3.8) is 0 Å². The molecule has 1 aromatic carbocycles. The highest BCUT2D eigenvalue weighted by molar-refractivity contribution is 5.71. The Labute approximate surface area is 160 Å². The molecule has 1 aliphatic rings. The van der Waals surface area contributed by atoms with E-state index in [4.69, 9.17) is 4.74 Å². The zero-order valence-corrected chi connectivity index (χ0v) is 15.7. The van der Waals surface area contributed by atoms with E-state index in [1.54, 1.807) is 0 Å². The van der Waals surface area contributed by atoms with Crippen molar-refractivity contribution in [3.05, 3.63) is 33.9 Å². The lowest BCUT2D eigenvalue weighted by molar-refractivity contribution is -0.384. The number of anilines is 1. The first kappa shape index (κ1) is 21.9. The van der Waals surface area contributed by atoms with Gasteiger partial charge in [0.15, 0.2) is 0 Å². The van der Waals surface area contributed by atoms with Gasteiger partial charge in [-0.25, -0.2) is 0 Å². The molecule has 0 amide bonds. The van der Waals surface area contributed by atoms with E-state index in [9.17, 15) is 28.1 Å². The molecule has 0 saturated carbocycles. The van der Waals surface area contributed by atoms with Crippen molar-refractivity contribution in [3.8, 4) is 0 Å². The molecule has 1 atom stereocenters. The molecule has 28 heavy (non-hydrogen) atoms. The van der Waals surface area contributed by atoms with Crippen LogP contribution in [-0.2, 0) is 14.3 Å². The summed E-state index contributed by atoms with van der Waals surface area (Å²) in [4.78, 5) is 24.2. The third-order valence-corrected chi connectivity index (χ3v) is 4.87. The van der Waals surface area contributed by atoms with Crippen LogP contribution in [0.25, 0.3) is 0 Å². The average molecular weight is 404 g/mol. The second-order valence-electron chi connectivity index (χ2n) is 6.51. The van der Waals surface area contributed by atoms with Crippen LogP contribution in [0.4, 0.5) is 24.5 Å². The Hall–Kier alpha value is -2.36. The number of rotatable bonds is 7. The maximum Gasteiger partial charge on any atom is 0.396 e. The van der Waals surface area contributed by atoms with Gasteiger partial charge in [0.1, 0.15) is 5.69 Å². The fourth-order valence-electron chi connectivity index (χ4n) is 3.44. The predicted octanol–water partition coefficient (Wildman–Crippen LogP) is 3.81. The molecule has 1 aromatic rings. The maximum atomic E-state index is 13.4. The number of esters is 1. The van der Waals surface area contributed by atoms with Gasteiger partial charge in [0.2, 0.25) is 0 Å². The zero-order chi connectivity index (χ0) is 20.9. The summed E-state index contributed by atoms with van der Waals surface area (Å²) in [5.74, 6) is -3.21. The molecule has 0 spiro atoms. The van der Waals surface area contributed by atoms with Gasteiger partial charge >= 0.3 is 12.1 Å². The lowest BCUT2D eigenvalue weighted by Crippen LogP contribution is -2.39. The van der Waals surface area contributed by atoms with Crippen LogP contribution in [-0.4, -0.2) is 50.0 Å². The lowest BCUT2D eigenvalue weighted by atomic mass is 9.93. The minimum absolute atomic E-state index is 0.0109. The predicted molar refractivity (Wildman–Crippen MR) is 95.4 cm³/mol. The summed E-state index contributed by atoms with van der Waals surface area (Å²) in [7, 11) is 0.994. The van der Waals surface area contributed by atoms with Crippen molar-refractivity contribution in [2.45, 2.75) is 44.3 Å². The molecule has 0 radical (unpaired) electrons. The Balaban J connectivity index is 2.45. The Bertz CT molecular complexity index is 705. The molecule has 7 nitrogen and oxygen atoms in total. The van der Waals surface area contributed by atoms with Crippen molar-refractivity contribution in [1.82, 2.24) is 0 Å². The summed E-state index contributed by atoms with van der Waals surface area (Å²) in [6.45, 7) is 3.36. The van der Waals surface area contributed by atoms with Crippen molar-refractivity contribution in [2.24, 2.45) is 0 Å². The number of benzene rings is 1. The van der Waals surface area contributed by atoms with E-state index in [0.29, 0.717) is 32.6 Å². The Morgan fingerprint density at radius 1 is 1.39 bits per heavy atom. The molecular weight excluding hydrogens is 381 g/mol. The maximum absolute atomic E-state index is 13.4. The second kappa shape index (κ2) is 9.22.